The molecule has 0 amide bonds. The van der Waals surface area contributed by atoms with E-state index >= 15 is 0 Å². The van der Waals surface area contributed by atoms with E-state index in [0.29, 0.717) is 6.54 Å². The van der Waals surface area contributed by atoms with Crippen LogP contribution in [-0.4, -0.2) is 12.3 Å². The minimum Gasteiger partial charge on any atom is -0.330 e. The molecule has 0 atom stereocenters. The van der Waals surface area contributed by atoms with Gasteiger partial charge >= 0.3 is 0 Å². The number of rotatable bonds is 2. The van der Waals surface area contributed by atoms with Gasteiger partial charge in [0.2, 0.25) is 0 Å². The van der Waals surface area contributed by atoms with E-state index in [2.05, 4.69) is 0 Å². The fourth-order valence-electron chi connectivity index (χ4n) is 0.0445. The van der Waals surface area contributed by atoms with Crippen molar-refractivity contribution < 1.29 is 0 Å². The van der Waals surface area contributed by atoms with Crippen LogP contribution in [0, 0.1) is 0 Å². The lowest BCUT2D eigenvalue weighted by atomic mass is 10.8. The Morgan fingerprint density at radius 3 is 2.17 bits per heavy atom. The summed E-state index contributed by atoms with van der Waals surface area (Å²) in [5, 5.41) is 0. The van der Waals surface area contributed by atoms with E-state index in [9.17, 15) is 0 Å². The predicted octanol–water partition coefficient (Wildman–Crippen LogP) is 1.25. The van der Waals surface area contributed by atoms with Crippen LogP contribution in [0.25, 0.3) is 0 Å². The van der Waals surface area contributed by atoms with Crippen molar-refractivity contribution in [1.29, 1.82) is 0 Å². The Morgan fingerprint density at radius 1 is 1.67 bits per heavy atom. The summed E-state index contributed by atoms with van der Waals surface area (Å²) >= 11 is 0. The first-order chi connectivity index (χ1) is 2.41. The SMILES string of the molecule is Cl.NCCSCl. The van der Waals surface area contributed by atoms with Gasteiger partial charge in [0.1, 0.15) is 0 Å². The average Bonchev–Trinajstić information content (AvgIpc) is 1.41. The van der Waals surface area contributed by atoms with Crippen LogP contribution in [0.1, 0.15) is 0 Å². The Kier molecular flexibility index (Phi) is 15.5. The largest absolute Gasteiger partial charge is 0.330 e. The van der Waals surface area contributed by atoms with E-state index in [1.54, 1.807) is 0 Å². The third-order valence-electron chi connectivity index (χ3n) is 0.195. The van der Waals surface area contributed by atoms with Gasteiger partial charge in [0.05, 0.1) is 0 Å². The van der Waals surface area contributed by atoms with E-state index in [0.717, 1.165) is 5.75 Å². The Balaban J connectivity index is 0. The summed E-state index contributed by atoms with van der Waals surface area (Å²) in [6.45, 7) is 0.675. The molecule has 0 aliphatic carbocycles. The van der Waals surface area contributed by atoms with Crippen LogP contribution in [0.3, 0.4) is 0 Å². The van der Waals surface area contributed by atoms with Gasteiger partial charge in [-0.3, -0.25) is 0 Å². The molecule has 0 radical (unpaired) electrons. The second-order valence-corrected chi connectivity index (χ2v) is 1.88. The maximum Gasteiger partial charge on any atom is 0.0208 e. The van der Waals surface area contributed by atoms with E-state index < -0.39 is 0 Å². The standard InChI is InChI=1S/C2H6ClNS.ClH/c3-5-2-1-4;/h1-2,4H2;1H. The minimum absolute atomic E-state index is 0. The molecule has 0 rings (SSSR count). The van der Waals surface area contributed by atoms with Crippen LogP contribution in [0.15, 0.2) is 0 Å². The highest BCUT2D eigenvalue weighted by Crippen LogP contribution is 2.01. The zero-order chi connectivity index (χ0) is 4.12. The maximum atomic E-state index is 5.14. The van der Waals surface area contributed by atoms with Crippen molar-refractivity contribution in [2.24, 2.45) is 5.73 Å². The van der Waals surface area contributed by atoms with Gasteiger partial charge in [-0.25, -0.2) is 0 Å². The molecular weight excluding hydrogens is 141 g/mol. The van der Waals surface area contributed by atoms with Gasteiger partial charge in [0.25, 0.3) is 0 Å². The van der Waals surface area contributed by atoms with Gasteiger partial charge in [0.15, 0.2) is 0 Å². The molecule has 2 N–H and O–H groups in total. The quantitative estimate of drug-likeness (QED) is 0.637. The summed E-state index contributed by atoms with van der Waals surface area (Å²) in [7, 11) is 6.39. The molecule has 6 heavy (non-hydrogen) atoms. The molecule has 0 aromatic heterocycles. The first kappa shape index (κ1) is 10.00. The fraction of sp³-hybridized carbons (Fsp3) is 1.00. The van der Waals surface area contributed by atoms with Gasteiger partial charge in [-0.2, -0.15) is 0 Å². The lowest BCUT2D eigenvalue weighted by Gasteiger charge is -1.77. The highest BCUT2D eigenvalue weighted by molar-refractivity contribution is 8.21. The van der Waals surface area contributed by atoms with E-state index in [1.807, 2.05) is 0 Å². The first-order valence-electron chi connectivity index (χ1n) is 1.35. The number of nitrogens with two attached hydrogens (primary N) is 1. The second-order valence-electron chi connectivity index (χ2n) is 0.602. The van der Waals surface area contributed by atoms with Crippen molar-refractivity contribution in [3.63, 3.8) is 0 Å². The fourth-order valence-corrected chi connectivity index (χ4v) is 0.401. The van der Waals surface area contributed by atoms with Crippen molar-refractivity contribution in [2.75, 3.05) is 12.3 Å². The van der Waals surface area contributed by atoms with Crippen LogP contribution in [0.2, 0.25) is 0 Å². The summed E-state index contributed by atoms with van der Waals surface area (Å²) in [5.41, 5.74) is 5.03. The molecule has 0 unspecified atom stereocenters. The van der Waals surface area contributed by atoms with Crippen LogP contribution in [0.5, 0.6) is 0 Å². The molecular formula is C2H7Cl2NS. The summed E-state index contributed by atoms with van der Waals surface area (Å²) in [6, 6.07) is 0. The molecule has 0 aliphatic heterocycles. The molecule has 0 fully saturated rings. The number of halogens is 2. The Bertz CT molecular complexity index is 19.0. The van der Waals surface area contributed by atoms with Crippen LogP contribution >= 0.6 is 34.1 Å². The second kappa shape index (κ2) is 9.31. The lowest BCUT2D eigenvalue weighted by molar-refractivity contribution is 1.16. The molecule has 0 aromatic rings. The predicted molar refractivity (Wildman–Crippen MR) is 34.6 cm³/mol. The zero-order valence-electron chi connectivity index (χ0n) is 3.19. The number of hydrogen-bond donors (Lipinski definition) is 1. The molecule has 1 nitrogen and oxygen atoms in total. The summed E-state index contributed by atoms with van der Waals surface area (Å²) in [5.74, 6) is 0.849. The molecule has 4 heteroatoms. The highest BCUT2D eigenvalue weighted by Gasteiger charge is 1.70. The highest BCUT2D eigenvalue weighted by atomic mass is 35.7. The Labute approximate surface area is 52.5 Å². The summed E-state index contributed by atoms with van der Waals surface area (Å²) < 4.78 is 0. The van der Waals surface area contributed by atoms with Gasteiger partial charge in [0, 0.05) is 12.3 Å². The van der Waals surface area contributed by atoms with E-state index in [-0.39, 0.29) is 12.4 Å². The van der Waals surface area contributed by atoms with Crippen molar-refractivity contribution in [1.82, 2.24) is 0 Å². The van der Waals surface area contributed by atoms with Crippen molar-refractivity contribution in [2.45, 2.75) is 0 Å². The van der Waals surface area contributed by atoms with Gasteiger partial charge in [-0.15, -0.1) is 12.4 Å². The third kappa shape index (κ3) is 8.86. The third-order valence-corrected chi connectivity index (χ3v) is 1.05. The minimum atomic E-state index is 0. The van der Waals surface area contributed by atoms with Crippen LogP contribution in [0.4, 0.5) is 0 Å². The smallest absolute Gasteiger partial charge is 0.0208 e. The Hall–Kier alpha value is 0.890. The summed E-state index contributed by atoms with van der Waals surface area (Å²) in [4.78, 5) is 0. The topological polar surface area (TPSA) is 26.0 Å². The van der Waals surface area contributed by atoms with E-state index in [4.69, 9.17) is 16.4 Å². The maximum absolute atomic E-state index is 5.14. The normalized spacial score (nSPS) is 7.00. The van der Waals surface area contributed by atoms with Crippen molar-refractivity contribution in [3.05, 3.63) is 0 Å². The zero-order valence-corrected chi connectivity index (χ0v) is 5.57. The van der Waals surface area contributed by atoms with Crippen LogP contribution < -0.4 is 5.73 Å². The molecule has 0 spiro atoms. The average molecular weight is 148 g/mol. The lowest BCUT2D eigenvalue weighted by Crippen LogP contribution is -1.98. The van der Waals surface area contributed by atoms with Gasteiger partial charge in [-0.05, 0) is 10.7 Å². The molecule has 0 heterocycles. The van der Waals surface area contributed by atoms with Crippen LogP contribution in [-0.2, 0) is 0 Å². The van der Waals surface area contributed by atoms with Crippen molar-refractivity contribution >= 4 is 34.1 Å². The Morgan fingerprint density at radius 2 is 2.17 bits per heavy atom. The van der Waals surface area contributed by atoms with Gasteiger partial charge in [-0.1, -0.05) is 11.0 Å². The van der Waals surface area contributed by atoms with Crippen molar-refractivity contribution in [3.8, 4) is 0 Å². The molecule has 0 saturated heterocycles. The molecule has 0 aliphatic rings. The molecule has 40 valence electrons. The number of hydrogen-bond acceptors (Lipinski definition) is 2. The summed E-state index contributed by atoms with van der Waals surface area (Å²) in [6.07, 6.45) is 0. The monoisotopic (exact) mass is 147 g/mol. The van der Waals surface area contributed by atoms with Gasteiger partial charge < -0.3 is 5.73 Å². The van der Waals surface area contributed by atoms with E-state index in [1.165, 1.54) is 11.0 Å². The first-order valence-corrected chi connectivity index (χ1v) is 3.16. The molecule has 0 bridgehead atoms. The molecule has 0 saturated carbocycles. The molecule has 0 aromatic carbocycles.